The van der Waals surface area contributed by atoms with Crippen molar-refractivity contribution in [3.63, 3.8) is 0 Å². The standard InChI is InChI=1S/C21H28N2O/c1-3-24-20-11-9-19(10-12-20)21(18-7-5-17(2)6-8-18)23-15-4-13-22-14-16-23/h5-12,21-22H,3-4,13-16H2,1-2H3. The van der Waals surface area contributed by atoms with Crippen molar-refractivity contribution in [2.24, 2.45) is 0 Å². The molecule has 0 radical (unpaired) electrons. The van der Waals surface area contributed by atoms with Crippen LogP contribution in [0.25, 0.3) is 0 Å². The van der Waals surface area contributed by atoms with Crippen molar-refractivity contribution >= 4 is 0 Å². The van der Waals surface area contributed by atoms with Gasteiger partial charge in [0.25, 0.3) is 0 Å². The number of ether oxygens (including phenoxy) is 1. The van der Waals surface area contributed by atoms with Gasteiger partial charge in [-0.25, -0.2) is 0 Å². The fourth-order valence-electron chi connectivity index (χ4n) is 3.40. The molecule has 0 amide bonds. The molecule has 0 aromatic heterocycles. The Hall–Kier alpha value is -1.84. The quantitative estimate of drug-likeness (QED) is 0.906. The first-order valence-corrected chi connectivity index (χ1v) is 9.02. The predicted molar refractivity (Wildman–Crippen MR) is 99.7 cm³/mol. The fraction of sp³-hybridized carbons (Fsp3) is 0.429. The molecule has 0 bridgehead atoms. The molecule has 1 saturated heterocycles. The van der Waals surface area contributed by atoms with E-state index in [0.29, 0.717) is 12.6 Å². The van der Waals surface area contributed by atoms with Crippen molar-refractivity contribution in [2.75, 3.05) is 32.8 Å². The minimum atomic E-state index is 0.307. The van der Waals surface area contributed by atoms with Gasteiger partial charge in [-0.15, -0.1) is 0 Å². The number of nitrogens with one attached hydrogen (secondary N) is 1. The van der Waals surface area contributed by atoms with Gasteiger partial charge in [-0.3, -0.25) is 4.90 Å². The third-order valence-electron chi connectivity index (χ3n) is 4.64. The van der Waals surface area contributed by atoms with Crippen molar-refractivity contribution in [1.82, 2.24) is 10.2 Å². The Kier molecular flexibility index (Phi) is 5.89. The molecule has 3 heteroatoms. The summed E-state index contributed by atoms with van der Waals surface area (Å²) in [7, 11) is 0. The second-order valence-electron chi connectivity index (χ2n) is 6.45. The zero-order valence-corrected chi connectivity index (χ0v) is 14.8. The van der Waals surface area contributed by atoms with E-state index in [1.165, 1.54) is 23.1 Å². The van der Waals surface area contributed by atoms with E-state index in [0.717, 1.165) is 31.9 Å². The highest BCUT2D eigenvalue weighted by atomic mass is 16.5. The van der Waals surface area contributed by atoms with E-state index < -0.39 is 0 Å². The van der Waals surface area contributed by atoms with E-state index in [2.05, 4.69) is 65.7 Å². The second kappa shape index (κ2) is 8.32. The first-order valence-electron chi connectivity index (χ1n) is 9.02. The summed E-state index contributed by atoms with van der Waals surface area (Å²) < 4.78 is 5.60. The zero-order valence-electron chi connectivity index (χ0n) is 14.8. The van der Waals surface area contributed by atoms with Crippen LogP contribution in [0.4, 0.5) is 0 Å². The van der Waals surface area contributed by atoms with E-state index in [4.69, 9.17) is 4.74 Å². The summed E-state index contributed by atoms with van der Waals surface area (Å²) in [5, 5.41) is 3.51. The molecule has 24 heavy (non-hydrogen) atoms. The van der Waals surface area contributed by atoms with E-state index in [1.54, 1.807) is 0 Å². The highest BCUT2D eigenvalue weighted by molar-refractivity contribution is 5.36. The third-order valence-corrected chi connectivity index (χ3v) is 4.64. The summed E-state index contributed by atoms with van der Waals surface area (Å²) in [5.74, 6) is 0.946. The maximum atomic E-state index is 5.60. The van der Waals surface area contributed by atoms with Gasteiger partial charge in [0.1, 0.15) is 5.75 Å². The van der Waals surface area contributed by atoms with Gasteiger partial charge in [-0.05, 0) is 50.1 Å². The molecule has 1 fully saturated rings. The number of hydrogen-bond donors (Lipinski definition) is 1. The lowest BCUT2D eigenvalue weighted by Gasteiger charge is -2.31. The Labute approximate surface area is 145 Å². The van der Waals surface area contributed by atoms with Gasteiger partial charge in [0.05, 0.1) is 12.6 Å². The summed E-state index contributed by atoms with van der Waals surface area (Å²) in [6.07, 6.45) is 1.19. The van der Waals surface area contributed by atoms with Crippen LogP contribution in [-0.4, -0.2) is 37.7 Å². The Balaban J connectivity index is 1.92. The summed E-state index contributed by atoms with van der Waals surface area (Å²) in [5.41, 5.74) is 4.01. The van der Waals surface area contributed by atoms with Crippen LogP contribution in [0.5, 0.6) is 5.75 Å². The monoisotopic (exact) mass is 324 g/mol. The van der Waals surface area contributed by atoms with Crippen LogP contribution >= 0.6 is 0 Å². The molecule has 3 rings (SSSR count). The van der Waals surface area contributed by atoms with Crippen molar-refractivity contribution in [3.05, 3.63) is 65.2 Å². The Morgan fingerprint density at radius 3 is 2.29 bits per heavy atom. The normalized spacial score (nSPS) is 17.2. The van der Waals surface area contributed by atoms with Gasteiger partial charge in [0.15, 0.2) is 0 Å². The van der Waals surface area contributed by atoms with Crippen LogP contribution in [0.15, 0.2) is 48.5 Å². The summed E-state index contributed by atoms with van der Waals surface area (Å²) in [6.45, 7) is 9.24. The van der Waals surface area contributed by atoms with Gasteiger partial charge in [0.2, 0.25) is 0 Å². The highest BCUT2D eigenvalue weighted by Gasteiger charge is 2.23. The maximum Gasteiger partial charge on any atom is 0.119 e. The first kappa shape index (κ1) is 17.0. The number of rotatable bonds is 5. The van der Waals surface area contributed by atoms with Crippen LogP contribution in [0.2, 0.25) is 0 Å². The predicted octanol–water partition coefficient (Wildman–Crippen LogP) is 3.78. The molecule has 2 aromatic rings. The van der Waals surface area contributed by atoms with Crippen molar-refractivity contribution in [3.8, 4) is 5.75 Å². The smallest absolute Gasteiger partial charge is 0.119 e. The zero-order chi connectivity index (χ0) is 16.8. The summed E-state index contributed by atoms with van der Waals surface area (Å²) in [6, 6.07) is 17.9. The van der Waals surface area contributed by atoms with Crippen LogP contribution in [0.1, 0.15) is 36.1 Å². The lowest BCUT2D eigenvalue weighted by Crippen LogP contribution is -2.33. The maximum absolute atomic E-state index is 5.60. The number of aryl methyl sites for hydroxylation is 1. The van der Waals surface area contributed by atoms with Crippen molar-refractivity contribution in [1.29, 1.82) is 0 Å². The van der Waals surface area contributed by atoms with Crippen molar-refractivity contribution in [2.45, 2.75) is 26.3 Å². The summed E-state index contributed by atoms with van der Waals surface area (Å²) in [4.78, 5) is 2.60. The molecule has 1 N–H and O–H groups in total. The Morgan fingerprint density at radius 1 is 0.958 bits per heavy atom. The van der Waals surface area contributed by atoms with Gasteiger partial charge in [-0.2, -0.15) is 0 Å². The first-order chi connectivity index (χ1) is 11.8. The van der Waals surface area contributed by atoms with E-state index >= 15 is 0 Å². The van der Waals surface area contributed by atoms with Crippen molar-refractivity contribution < 1.29 is 4.74 Å². The van der Waals surface area contributed by atoms with Crippen LogP contribution in [-0.2, 0) is 0 Å². The molecular formula is C21H28N2O. The molecule has 0 spiro atoms. The van der Waals surface area contributed by atoms with Crippen LogP contribution in [0.3, 0.4) is 0 Å². The van der Waals surface area contributed by atoms with Gasteiger partial charge >= 0.3 is 0 Å². The fourth-order valence-corrected chi connectivity index (χ4v) is 3.40. The van der Waals surface area contributed by atoms with E-state index in [-0.39, 0.29) is 0 Å². The lowest BCUT2D eigenvalue weighted by atomic mass is 9.96. The van der Waals surface area contributed by atoms with Crippen LogP contribution < -0.4 is 10.1 Å². The molecule has 128 valence electrons. The van der Waals surface area contributed by atoms with Gasteiger partial charge in [-0.1, -0.05) is 42.0 Å². The third kappa shape index (κ3) is 4.16. The molecule has 1 heterocycles. The van der Waals surface area contributed by atoms with E-state index in [9.17, 15) is 0 Å². The molecular weight excluding hydrogens is 296 g/mol. The number of benzene rings is 2. The van der Waals surface area contributed by atoms with E-state index in [1.807, 2.05) is 6.92 Å². The van der Waals surface area contributed by atoms with Crippen LogP contribution in [0, 0.1) is 6.92 Å². The lowest BCUT2D eigenvalue weighted by molar-refractivity contribution is 0.241. The average Bonchev–Trinajstić information content (AvgIpc) is 2.88. The largest absolute Gasteiger partial charge is 0.494 e. The molecule has 1 aliphatic heterocycles. The SMILES string of the molecule is CCOc1ccc(C(c2ccc(C)cc2)N2CCCNCC2)cc1. The minimum absolute atomic E-state index is 0.307. The number of hydrogen-bond acceptors (Lipinski definition) is 3. The Bertz CT molecular complexity index is 613. The Morgan fingerprint density at radius 2 is 1.62 bits per heavy atom. The topological polar surface area (TPSA) is 24.5 Å². The van der Waals surface area contributed by atoms with Gasteiger partial charge < -0.3 is 10.1 Å². The molecule has 2 aromatic carbocycles. The molecule has 1 atom stereocenters. The molecule has 1 unspecified atom stereocenters. The minimum Gasteiger partial charge on any atom is -0.494 e. The van der Waals surface area contributed by atoms with Gasteiger partial charge in [0, 0.05) is 19.6 Å². The number of nitrogens with zero attached hydrogens (tertiary/aromatic N) is 1. The molecule has 0 saturated carbocycles. The highest BCUT2D eigenvalue weighted by Crippen LogP contribution is 2.30. The summed E-state index contributed by atoms with van der Waals surface area (Å²) >= 11 is 0. The second-order valence-corrected chi connectivity index (χ2v) is 6.45. The molecule has 0 aliphatic carbocycles. The molecule has 3 nitrogen and oxygen atoms in total. The molecule has 1 aliphatic rings. The average molecular weight is 324 g/mol.